The first-order valence-electron chi connectivity index (χ1n) is 8.92. The number of aromatic hydroxyl groups is 1. The molecule has 0 aliphatic rings. The number of phenols is 1. The molecule has 3 rings (SSSR count). The fraction of sp³-hybridized carbons (Fsp3) is 0.143. The molecule has 0 saturated carbocycles. The van der Waals surface area contributed by atoms with Gasteiger partial charge in [0.05, 0.1) is 10.6 Å². The Labute approximate surface area is 168 Å². The van der Waals surface area contributed by atoms with E-state index in [0.717, 1.165) is 5.56 Å². The second kappa shape index (κ2) is 8.74. The first-order valence-corrected chi connectivity index (χ1v) is 10.6. The lowest BCUT2D eigenvalue weighted by molar-refractivity contribution is 0.0925. The van der Waals surface area contributed by atoms with Gasteiger partial charge in [0.25, 0.3) is 0 Å². The molecule has 8 heteroatoms. The molecule has 0 aliphatic heterocycles. The summed E-state index contributed by atoms with van der Waals surface area (Å²) < 4.78 is 30.2. The van der Waals surface area contributed by atoms with E-state index in [1.807, 2.05) is 6.92 Å². The van der Waals surface area contributed by atoms with Crippen LogP contribution in [-0.4, -0.2) is 25.1 Å². The van der Waals surface area contributed by atoms with Crippen molar-refractivity contribution in [1.82, 2.24) is 5.43 Å². The van der Waals surface area contributed by atoms with Crippen molar-refractivity contribution < 1.29 is 22.7 Å². The van der Waals surface area contributed by atoms with Crippen molar-refractivity contribution in [3.63, 3.8) is 0 Å². The summed E-state index contributed by atoms with van der Waals surface area (Å²) in [6.45, 7) is 1.89. The van der Waals surface area contributed by atoms with Crippen LogP contribution in [0.5, 0.6) is 5.75 Å². The van der Waals surface area contributed by atoms with E-state index < -0.39 is 15.7 Å². The molecule has 1 aromatic heterocycles. The average Bonchev–Trinajstić information content (AvgIpc) is 3.18. The van der Waals surface area contributed by atoms with E-state index in [9.17, 15) is 18.3 Å². The van der Waals surface area contributed by atoms with Crippen LogP contribution in [0, 0.1) is 0 Å². The van der Waals surface area contributed by atoms with Crippen LogP contribution in [0.2, 0.25) is 0 Å². The molecule has 0 spiro atoms. The Kier molecular flexibility index (Phi) is 6.13. The third-order valence-electron chi connectivity index (χ3n) is 4.15. The lowest BCUT2D eigenvalue weighted by atomic mass is 10.1. The number of amides is 1. The van der Waals surface area contributed by atoms with Crippen molar-refractivity contribution in [2.45, 2.75) is 24.0 Å². The van der Waals surface area contributed by atoms with Crippen LogP contribution in [0.15, 0.2) is 81.1 Å². The van der Waals surface area contributed by atoms with Crippen LogP contribution >= 0.6 is 0 Å². The van der Waals surface area contributed by atoms with Gasteiger partial charge in [0.2, 0.25) is 0 Å². The number of nitrogens with zero attached hydrogens (tertiary/aromatic N) is 1. The molecule has 0 bridgehead atoms. The number of carbonyl (C=O) groups excluding carboxylic acids is 1. The van der Waals surface area contributed by atoms with Crippen molar-refractivity contribution in [2.24, 2.45) is 5.10 Å². The van der Waals surface area contributed by atoms with Gasteiger partial charge in [-0.05, 0) is 60.5 Å². The highest BCUT2D eigenvalue weighted by Crippen LogP contribution is 2.18. The number of sulfone groups is 1. The van der Waals surface area contributed by atoms with E-state index >= 15 is 0 Å². The van der Waals surface area contributed by atoms with Crippen LogP contribution in [-0.2, 0) is 15.6 Å². The number of hydrogen-bond donors (Lipinski definition) is 2. The zero-order valence-electron chi connectivity index (χ0n) is 15.7. The quantitative estimate of drug-likeness (QED) is 0.456. The zero-order chi connectivity index (χ0) is 20.9. The fourth-order valence-electron chi connectivity index (χ4n) is 2.65. The highest BCUT2D eigenvalue weighted by atomic mass is 32.2. The smallest absolute Gasteiger partial charge is 0.307 e. The van der Waals surface area contributed by atoms with Gasteiger partial charge in [-0.3, -0.25) is 4.79 Å². The summed E-state index contributed by atoms with van der Waals surface area (Å²) in [5, 5.41) is 13.5. The topological polar surface area (TPSA) is 109 Å². The summed E-state index contributed by atoms with van der Waals surface area (Å²) in [6.07, 6.45) is 0.559. The van der Waals surface area contributed by atoms with Crippen molar-refractivity contribution in [3.05, 3.63) is 83.8 Å². The number of furan rings is 1. The molecule has 7 nitrogen and oxygen atoms in total. The van der Waals surface area contributed by atoms with Gasteiger partial charge in [-0.25, -0.2) is 13.8 Å². The number of hydrazone groups is 1. The molecule has 2 N–H and O–H groups in total. The molecular formula is C21H20N2O5S. The molecule has 3 aromatic rings. The minimum atomic E-state index is -3.57. The molecule has 0 radical (unpaired) electrons. The lowest BCUT2D eigenvalue weighted by Crippen LogP contribution is -2.19. The first kappa shape index (κ1) is 20.3. The Morgan fingerprint density at radius 1 is 1.03 bits per heavy atom. The van der Waals surface area contributed by atoms with E-state index in [-0.39, 0.29) is 27.9 Å². The van der Waals surface area contributed by atoms with Crippen LogP contribution < -0.4 is 5.43 Å². The van der Waals surface area contributed by atoms with Crippen molar-refractivity contribution in [1.29, 1.82) is 0 Å². The predicted octanol–water partition coefficient (Wildman–Crippen LogP) is 3.50. The van der Waals surface area contributed by atoms with Gasteiger partial charge in [0.15, 0.2) is 15.6 Å². The molecule has 0 aliphatic carbocycles. The van der Waals surface area contributed by atoms with E-state index in [1.165, 1.54) is 36.4 Å². The minimum absolute atomic E-state index is 0.0341. The van der Waals surface area contributed by atoms with E-state index in [0.29, 0.717) is 12.1 Å². The van der Waals surface area contributed by atoms with Gasteiger partial charge in [0, 0.05) is 0 Å². The highest BCUT2D eigenvalue weighted by Gasteiger charge is 2.19. The third-order valence-corrected chi connectivity index (χ3v) is 5.80. The summed E-state index contributed by atoms with van der Waals surface area (Å²) in [5.41, 5.74) is 3.80. The van der Waals surface area contributed by atoms with E-state index in [4.69, 9.17) is 4.42 Å². The Balaban J connectivity index is 1.70. The molecule has 29 heavy (non-hydrogen) atoms. The van der Waals surface area contributed by atoms with Gasteiger partial charge in [-0.1, -0.05) is 25.1 Å². The molecule has 0 saturated heterocycles. The normalized spacial score (nSPS) is 12.0. The largest absolute Gasteiger partial charge is 0.508 e. The molecule has 0 atom stereocenters. The number of phenolic OH excluding ortho intramolecular Hbond substituents is 1. The summed E-state index contributed by atoms with van der Waals surface area (Å²) in [6, 6.07) is 17.4. The number of benzene rings is 2. The molecule has 150 valence electrons. The molecule has 1 amide bonds. The molecule has 2 aromatic carbocycles. The standard InChI is InChI=1S/C21H20N2O5S/c1-2-19(15-8-10-16(24)11-9-15)22-23-21(25)20-13-12-17(28-20)14-29(26,27)18-6-4-3-5-7-18/h3-13,24H,2,14H2,1H3,(H,23,25)/b22-19+. The summed E-state index contributed by atoms with van der Waals surface area (Å²) in [5.74, 6) is -0.660. The molecular weight excluding hydrogens is 392 g/mol. The van der Waals surface area contributed by atoms with Crippen molar-refractivity contribution >= 4 is 21.5 Å². The maximum atomic E-state index is 12.4. The number of carbonyl (C=O) groups is 1. The predicted molar refractivity (Wildman–Crippen MR) is 108 cm³/mol. The monoisotopic (exact) mass is 412 g/mol. The third kappa shape index (κ3) is 5.11. The summed E-state index contributed by atoms with van der Waals surface area (Å²) >= 11 is 0. The maximum absolute atomic E-state index is 12.4. The van der Waals surface area contributed by atoms with E-state index in [1.54, 1.807) is 30.3 Å². The number of nitrogens with one attached hydrogen (secondary N) is 1. The zero-order valence-corrected chi connectivity index (χ0v) is 16.5. The van der Waals surface area contributed by atoms with Crippen LogP contribution in [0.1, 0.15) is 35.2 Å². The van der Waals surface area contributed by atoms with Gasteiger partial charge in [-0.15, -0.1) is 0 Å². The second-order valence-corrected chi connectivity index (χ2v) is 8.23. The van der Waals surface area contributed by atoms with Crippen molar-refractivity contribution in [3.8, 4) is 5.75 Å². The fourth-order valence-corrected chi connectivity index (χ4v) is 3.92. The second-order valence-electron chi connectivity index (χ2n) is 6.24. The molecule has 0 fully saturated rings. The number of rotatable bonds is 7. The average molecular weight is 412 g/mol. The Morgan fingerprint density at radius 3 is 2.38 bits per heavy atom. The summed E-state index contributed by atoms with van der Waals surface area (Å²) in [7, 11) is -3.57. The summed E-state index contributed by atoms with van der Waals surface area (Å²) in [4.78, 5) is 12.5. The van der Waals surface area contributed by atoms with Crippen LogP contribution in [0.25, 0.3) is 0 Å². The molecule has 1 heterocycles. The number of hydrogen-bond acceptors (Lipinski definition) is 6. The highest BCUT2D eigenvalue weighted by molar-refractivity contribution is 7.90. The van der Waals surface area contributed by atoms with Gasteiger partial charge in [-0.2, -0.15) is 5.10 Å². The van der Waals surface area contributed by atoms with Crippen LogP contribution in [0.3, 0.4) is 0 Å². The van der Waals surface area contributed by atoms with Gasteiger partial charge >= 0.3 is 5.91 Å². The maximum Gasteiger partial charge on any atom is 0.307 e. The first-order chi connectivity index (χ1) is 13.9. The SMILES string of the molecule is CC/C(=N\NC(=O)c1ccc(CS(=O)(=O)c2ccccc2)o1)c1ccc(O)cc1. The van der Waals surface area contributed by atoms with E-state index in [2.05, 4.69) is 10.5 Å². The van der Waals surface area contributed by atoms with Gasteiger partial charge in [0.1, 0.15) is 17.3 Å². The Bertz CT molecular complexity index is 1120. The Morgan fingerprint density at radius 2 is 1.72 bits per heavy atom. The minimum Gasteiger partial charge on any atom is -0.508 e. The van der Waals surface area contributed by atoms with Crippen LogP contribution in [0.4, 0.5) is 0 Å². The van der Waals surface area contributed by atoms with Gasteiger partial charge < -0.3 is 9.52 Å². The molecule has 0 unspecified atom stereocenters. The Hall–Kier alpha value is -3.39. The lowest BCUT2D eigenvalue weighted by Gasteiger charge is -2.05. The van der Waals surface area contributed by atoms with Crippen molar-refractivity contribution in [2.75, 3.05) is 0 Å².